The molecule has 5 heteroatoms. The summed E-state index contributed by atoms with van der Waals surface area (Å²) in [4.78, 5) is 22.8. The summed E-state index contributed by atoms with van der Waals surface area (Å²) in [5, 5.41) is 2.71. The van der Waals surface area contributed by atoms with Crippen molar-refractivity contribution < 1.29 is 14.3 Å². The first-order valence-corrected chi connectivity index (χ1v) is 5.51. The van der Waals surface area contributed by atoms with Crippen LogP contribution in [0, 0.1) is 0 Å². The number of hydrogen-bond acceptors (Lipinski definition) is 4. The van der Waals surface area contributed by atoms with Crippen molar-refractivity contribution in [2.45, 2.75) is 19.8 Å². The molecule has 0 spiro atoms. The third-order valence-corrected chi connectivity index (χ3v) is 2.65. The van der Waals surface area contributed by atoms with Crippen LogP contribution in [0.1, 0.15) is 29.3 Å². The second kappa shape index (κ2) is 4.45. The van der Waals surface area contributed by atoms with Gasteiger partial charge < -0.3 is 15.8 Å². The van der Waals surface area contributed by atoms with Crippen LogP contribution in [0.25, 0.3) is 0 Å². The smallest absolute Gasteiger partial charge is 0.338 e. The van der Waals surface area contributed by atoms with Crippen LogP contribution in [0.3, 0.4) is 0 Å². The van der Waals surface area contributed by atoms with E-state index in [0.717, 1.165) is 5.56 Å². The number of nitrogens with one attached hydrogen (secondary N) is 1. The fraction of sp³-hybridized carbons (Fsp3) is 0.333. The molecule has 1 aliphatic rings. The minimum absolute atomic E-state index is 0.0481. The summed E-state index contributed by atoms with van der Waals surface area (Å²) in [5.74, 6) is -0.438. The lowest BCUT2D eigenvalue weighted by molar-refractivity contribution is -0.116. The van der Waals surface area contributed by atoms with Gasteiger partial charge >= 0.3 is 5.97 Å². The van der Waals surface area contributed by atoms with Gasteiger partial charge in [-0.15, -0.1) is 0 Å². The lowest BCUT2D eigenvalue weighted by atomic mass is 9.99. The highest BCUT2D eigenvalue weighted by molar-refractivity contribution is 6.00. The minimum Gasteiger partial charge on any atom is -0.462 e. The molecule has 0 aromatic heterocycles. The molecule has 0 bridgehead atoms. The summed E-state index contributed by atoms with van der Waals surface area (Å²) < 4.78 is 4.91. The van der Waals surface area contributed by atoms with E-state index in [9.17, 15) is 9.59 Å². The summed E-state index contributed by atoms with van der Waals surface area (Å²) in [7, 11) is 0. The zero-order valence-electron chi connectivity index (χ0n) is 9.58. The van der Waals surface area contributed by atoms with Crippen molar-refractivity contribution in [1.29, 1.82) is 0 Å². The number of carbonyl (C=O) groups excluding carboxylic acids is 2. The molecule has 0 radical (unpaired) electrons. The molecule has 0 atom stereocenters. The van der Waals surface area contributed by atoms with Gasteiger partial charge in [0.1, 0.15) is 0 Å². The van der Waals surface area contributed by atoms with E-state index in [2.05, 4.69) is 5.32 Å². The van der Waals surface area contributed by atoms with Crippen molar-refractivity contribution in [3.63, 3.8) is 0 Å². The number of carbonyl (C=O) groups is 2. The summed E-state index contributed by atoms with van der Waals surface area (Å²) in [5.41, 5.74) is 8.15. The average Bonchev–Trinajstić information content (AvgIpc) is 2.30. The number of nitrogen functional groups attached to an aromatic ring is 1. The van der Waals surface area contributed by atoms with Crippen LogP contribution in [0.15, 0.2) is 12.1 Å². The highest BCUT2D eigenvalue weighted by atomic mass is 16.5. The zero-order chi connectivity index (χ0) is 12.4. The van der Waals surface area contributed by atoms with Gasteiger partial charge in [-0.3, -0.25) is 4.79 Å². The molecule has 3 N–H and O–H groups in total. The number of nitrogens with two attached hydrogens (primary N) is 1. The second-order valence-corrected chi connectivity index (χ2v) is 3.87. The lowest BCUT2D eigenvalue weighted by Crippen LogP contribution is -2.21. The first-order valence-electron chi connectivity index (χ1n) is 5.51. The normalized spacial score (nSPS) is 13.8. The molecule has 90 valence electrons. The zero-order valence-corrected chi connectivity index (χ0v) is 9.58. The number of fused-ring (bicyclic) bond motifs is 1. The number of rotatable bonds is 2. The molecule has 17 heavy (non-hydrogen) atoms. The average molecular weight is 234 g/mol. The maximum Gasteiger partial charge on any atom is 0.338 e. The van der Waals surface area contributed by atoms with Crippen LogP contribution < -0.4 is 11.1 Å². The fourth-order valence-corrected chi connectivity index (χ4v) is 1.86. The Morgan fingerprint density at radius 2 is 2.24 bits per heavy atom. The van der Waals surface area contributed by atoms with Gasteiger partial charge in [0.25, 0.3) is 0 Å². The maximum absolute atomic E-state index is 11.6. The van der Waals surface area contributed by atoms with Gasteiger partial charge in [-0.25, -0.2) is 4.79 Å². The van der Waals surface area contributed by atoms with Crippen molar-refractivity contribution in [2.75, 3.05) is 17.7 Å². The number of aryl methyl sites for hydroxylation is 1. The van der Waals surface area contributed by atoms with Crippen molar-refractivity contribution in [3.05, 3.63) is 23.3 Å². The van der Waals surface area contributed by atoms with E-state index in [1.807, 2.05) is 0 Å². The van der Waals surface area contributed by atoms with Crippen LogP contribution >= 0.6 is 0 Å². The summed E-state index contributed by atoms with van der Waals surface area (Å²) in [6.07, 6.45) is 1.01. The number of esters is 1. The van der Waals surface area contributed by atoms with Crippen molar-refractivity contribution in [3.8, 4) is 0 Å². The summed E-state index contributed by atoms with van der Waals surface area (Å²) in [6.45, 7) is 2.08. The van der Waals surface area contributed by atoms with Gasteiger partial charge in [-0.2, -0.15) is 0 Å². The first-order chi connectivity index (χ1) is 8.11. The molecular weight excluding hydrogens is 220 g/mol. The molecule has 1 aliphatic heterocycles. The van der Waals surface area contributed by atoms with Crippen molar-refractivity contribution in [1.82, 2.24) is 0 Å². The number of ether oxygens (including phenoxy) is 1. The van der Waals surface area contributed by atoms with Crippen LogP contribution in [-0.4, -0.2) is 18.5 Å². The molecular formula is C12H14N2O3. The monoisotopic (exact) mass is 234 g/mol. The van der Waals surface area contributed by atoms with Crippen LogP contribution in [0.2, 0.25) is 0 Å². The quantitative estimate of drug-likeness (QED) is 0.597. The van der Waals surface area contributed by atoms with Gasteiger partial charge in [0.15, 0.2) is 0 Å². The van der Waals surface area contributed by atoms with Crippen LogP contribution in [0.5, 0.6) is 0 Å². The van der Waals surface area contributed by atoms with E-state index in [4.69, 9.17) is 10.5 Å². The van der Waals surface area contributed by atoms with Gasteiger partial charge in [0.05, 0.1) is 23.5 Å². The number of anilines is 2. The van der Waals surface area contributed by atoms with Crippen LogP contribution in [0.4, 0.5) is 11.4 Å². The SMILES string of the molecule is CCOC(=O)c1cc(N)c2c(c1)CCC(=O)N2. The molecule has 1 amide bonds. The highest BCUT2D eigenvalue weighted by Crippen LogP contribution is 2.30. The molecule has 5 nitrogen and oxygen atoms in total. The summed E-state index contributed by atoms with van der Waals surface area (Å²) >= 11 is 0. The Kier molecular flexibility index (Phi) is 2.99. The number of hydrogen-bond donors (Lipinski definition) is 2. The molecule has 2 rings (SSSR count). The maximum atomic E-state index is 11.6. The van der Waals surface area contributed by atoms with E-state index in [-0.39, 0.29) is 11.9 Å². The molecule has 0 saturated carbocycles. The Labute approximate surface area is 98.9 Å². The van der Waals surface area contributed by atoms with Gasteiger partial charge in [0, 0.05) is 6.42 Å². The molecule has 1 aromatic carbocycles. The Hall–Kier alpha value is -2.04. The predicted molar refractivity (Wildman–Crippen MR) is 63.8 cm³/mol. The lowest BCUT2D eigenvalue weighted by Gasteiger charge is -2.19. The molecule has 0 unspecified atom stereocenters. The third kappa shape index (κ3) is 2.22. The summed E-state index contributed by atoms with van der Waals surface area (Å²) in [6, 6.07) is 3.26. The Morgan fingerprint density at radius 1 is 1.47 bits per heavy atom. The Balaban J connectivity index is 2.37. The van der Waals surface area contributed by atoms with Gasteiger partial charge in [-0.1, -0.05) is 0 Å². The first kappa shape index (κ1) is 11.4. The third-order valence-electron chi connectivity index (χ3n) is 2.65. The van der Waals surface area contributed by atoms with Gasteiger partial charge in [0.2, 0.25) is 5.91 Å². The van der Waals surface area contributed by atoms with Gasteiger partial charge in [-0.05, 0) is 31.0 Å². The van der Waals surface area contributed by atoms with E-state index in [0.29, 0.717) is 36.4 Å². The minimum atomic E-state index is -0.390. The Bertz CT molecular complexity index is 483. The van der Waals surface area contributed by atoms with E-state index >= 15 is 0 Å². The second-order valence-electron chi connectivity index (χ2n) is 3.87. The predicted octanol–water partition coefficient (Wildman–Crippen LogP) is 1.33. The molecule has 1 aromatic rings. The van der Waals surface area contributed by atoms with Crippen molar-refractivity contribution in [2.24, 2.45) is 0 Å². The van der Waals surface area contributed by atoms with E-state index in [1.165, 1.54) is 6.07 Å². The Morgan fingerprint density at radius 3 is 2.94 bits per heavy atom. The topological polar surface area (TPSA) is 81.4 Å². The standard InChI is InChI=1S/C12H14N2O3/c1-2-17-12(16)8-5-7-3-4-10(15)14-11(7)9(13)6-8/h5-6H,2-4,13H2,1H3,(H,14,15). The number of benzene rings is 1. The van der Waals surface area contributed by atoms with E-state index in [1.54, 1.807) is 13.0 Å². The van der Waals surface area contributed by atoms with E-state index < -0.39 is 0 Å². The van der Waals surface area contributed by atoms with Crippen LogP contribution in [-0.2, 0) is 16.0 Å². The molecule has 0 saturated heterocycles. The highest BCUT2D eigenvalue weighted by Gasteiger charge is 2.20. The molecule has 1 heterocycles. The molecule has 0 aliphatic carbocycles. The number of amides is 1. The largest absolute Gasteiger partial charge is 0.462 e. The fourth-order valence-electron chi connectivity index (χ4n) is 1.86. The molecule has 0 fully saturated rings. The van der Waals surface area contributed by atoms with Crippen molar-refractivity contribution >= 4 is 23.3 Å².